The quantitative estimate of drug-likeness (QED) is 0.725. The molecule has 0 aliphatic heterocycles. The molecule has 1 amide bonds. The van der Waals surface area contributed by atoms with Crippen molar-refractivity contribution in [1.82, 2.24) is 25.4 Å². The van der Waals surface area contributed by atoms with E-state index in [1.54, 1.807) is 6.20 Å². The van der Waals surface area contributed by atoms with Gasteiger partial charge in [-0.1, -0.05) is 19.0 Å². The molecule has 0 unspecified atom stereocenters. The minimum Gasteiger partial charge on any atom is -0.346 e. The van der Waals surface area contributed by atoms with E-state index < -0.39 is 0 Å². The Kier molecular flexibility index (Phi) is 4.59. The molecule has 3 heterocycles. The van der Waals surface area contributed by atoms with Crippen molar-refractivity contribution in [3.05, 3.63) is 41.8 Å². The first-order chi connectivity index (χ1) is 11.5. The van der Waals surface area contributed by atoms with Crippen molar-refractivity contribution in [1.29, 1.82) is 0 Å². The molecule has 0 aromatic carbocycles. The van der Waals surface area contributed by atoms with E-state index in [9.17, 15) is 4.79 Å². The van der Waals surface area contributed by atoms with E-state index in [2.05, 4.69) is 39.3 Å². The highest BCUT2D eigenvalue weighted by molar-refractivity contribution is 5.79. The molecule has 7 nitrogen and oxygen atoms in total. The second-order valence-electron chi connectivity index (χ2n) is 6.32. The number of nitrogens with one attached hydrogen (secondary N) is 2. The SMILES string of the molecule is CC(=O)N[C@@H](CC(C)C)c1nc(Cc2c[nH]c3ncccc23)no1. The molecule has 3 aromatic heterocycles. The zero-order valence-corrected chi connectivity index (χ0v) is 14.0. The molecule has 0 aliphatic carbocycles. The van der Waals surface area contributed by atoms with Crippen molar-refractivity contribution < 1.29 is 9.32 Å². The zero-order valence-electron chi connectivity index (χ0n) is 14.0. The third kappa shape index (κ3) is 3.61. The Balaban J connectivity index is 1.80. The Morgan fingerprint density at radius 2 is 2.25 bits per heavy atom. The number of pyridine rings is 1. The number of aromatic nitrogens is 4. The van der Waals surface area contributed by atoms with Crippen LogP contribution in [0.2, 0.25) is 0 Å². The Morgan fingerprint density at radius 3 is 3.00 bits per heavy atom. The van der Waals surface area contributed by atoms with Gasteiger partial charge in [0.2, 0.25) is 11.8 Å². The van der Waals surface area contributed by atoms with Gasteiger partial charge in [-0.15, -0.1) is 0 Å². The first-order valence-electron chi connectivity index (χ1n) is 8.03. The molecular formula is C17H21N5O2. The van der Waals surface area contributed by atoms with Crippen LogP contribution in [-0.4, -0.2) is 26.0 Å². The Bertz CT molecular complexity index is 836. The average molecular weight is 327 g/mol. The third-order valence-corrected chi connectivity index (χ3v) is 3.75. The maximum absolute atomic E-state index is 11.4. The van der Waals surface area contributed by atoms with Gasteiger partial charge in [0.15, 0.2) is 5.82 Å². The lowest BCUT2D eigenvalue weighted by Crippen LogP contribution is -2.27. The summed E-state index contributed by atoms with van der Waals surface area (Å²) in [4.78, 5) is 23.3. The molecule has 0 aliphatic rings. The van der Waals surface area contributed by atoms with Crippen molar-refractivity contribution in [3.8, 4) is 0 Å². The number of aromatic amines is 1. The van der Waals surface area contributed by atoms with Gasteiger partial charge >= 0.3 is 0 Å². The molecule has 126 valence electrons. The molecule has 0 fully saturated rings. The summed E-state index contributed by atoms with van der Waals surface area (Å²) in [6.45, 7) is 5.67. The molecule has 0 saturated carbocycles. The number of rotatable bonds is 6. The van der Waals surface area contributed by atoms with Crippen molar-refractivity contribution in [2.75, 3.05) is 0 Å². The Morgan fingerprint density at radius 1 is 1.42 bits per heavy atom. The second-order valence-corrected chi connectivity index (χ2v) is 6.32. The number of hydrogen-bond acceptors (Lipinski definition) is 5. The number of H-pyrrole nitrogens is 1. The molecule has 2 N–H and O–H groups in total. The Labute approximate surface area is 139 Å². The largest absolute Gasteiger partial charge is 0.346 e. The fourth-order valence-corrected chi connectivity index (χ4v) is 2.75. The number of nitrogens with zero attached hydrogens (tertiary/aromatic N) is 3. The molecule has 24 heavy (non-hydrogen) atoms. The van der Waals surface area contributed by atoms with E-state index in [-0.39, 0.29) is 11.9 Å². The van der Waals surface area contributed by atoms with E-state index in [1.807, 2.05) is 18.3 Å². The van der Waals surface area contributed by atoms with Crippen molar-refractivity contribution >= 4 is 16.9 Å². The summed E-state index contributed by atoms with van der Waals surface area (Å²) >= 11 is 0. The van der Waals surface area contributed by atoms with Gasteiger partial charge in [0.25, 0.3) is 0 Å². The lowest BCUT2D eigenvalue weighted by Gasteiger charge is -2.15. The van der Waals surface area contributed by atoms with E-state index in [4.69, 9.17) is 4.52 Å². The molecule has 0 radical (unpaired) electrons. The van der Waals surface area contributed by atoms with Gasteiger partial charge in [-0.05, 0) is 30.0 Å². The molecule has 0 bridgehead atoms. The number of carbonyl (C=O) groups is 1. The fraction of sp³-hybridized carbons (Fsp3) is 0.412. The van der Waals surface area contributed by atoms with E-state index >= 15 is 0 Å². The third-order valence-electron chi connectivity index (χ3n) is 3.75. The zero-order chi connectivity index (χ0) is 17.1. The van der Waals surface area contributed by atoms with Crippen LogP contribution in [0.4, 0.5) is 0 Å². The van der Waals surface area contributed by atoms with E-state index in [0.29, 0.717) is 24.1 Å². The lowest BCUT2D eigenvalue weighted by molar-refractivity contribution is -0.120. The molecule has 3 aromatic rings. The molecule has 0 saturated heterocycles. The smallest absolute Gasteiger partial charge is 0.249 e. The van der Waals surface area contributed by atoms with Crippen LogP contribution in [0.3, 0.4) is 0 Å². The van der Waals surface area contributed by atoms with Crippen LogP contribution >= 0.6 is 0 Å². The first kappa shape index (κ1) is 16.2. The predicted octanol–water partition coefficient (Wildman–Crippen LogP) is 2.76. The normalized spacial score (nSPS) is 12.7. The molecule has 1 atom stereocenters. The summed E-state index contributed by atoms with van der Waals surface area (Å²) in [5, 5.41) is 7.99. The van der Waals surface area contributed by atoms with Gasteiger partial charge in [0.05, 0.1) is 0 Å². The van der Waals surface area contributed by atoms with Crippen molar-refractivity contribution in [2.24, 2.45) is 5.92 Å². The number of hydrogen-bond donors (Lipinski definition) is 2. The van der Waals surface area contributed by atoms with Gasteiger partial charge < -0.3 is 14.8 Å². The fourth-order valence-electron chi connectivity index (χ4n) is 2.75. The summed E-state index contributed by atoms with van der Waals surface area (Å²) in [6.07, 6.45) is 4.95. The van der Waals surface area contributed by atoms with Crippen LogP contribution in [0.5, 0.6) is 0 Å². The minimum atomic E-state index is -0.256. The van der Waals surface area contributed by atoms with Gasteiger partial charge in [0, 0.05) is 31.1 Å². The topological polar surface area (TPSA) is 96.7 Å². The molecule has 7 heteroatoms. The number of carbonyl (C=O) groups excluding carboxylic acids is 1. The first-order valence-corrected chi connectivity index (χ1v) is 8.03. The summed E-state index contributed by atoms with van der Waals surface area (Å²) in [7, 11) is 0. The summed E-state index contributed by atoms with van der Waals surface area (Å²) in [5.74, 6) is 1.33. The van der Waals surface area contributed by atoms with Crippen LogP contribution in [0.25, 0.3) is 11.0 Å². The van der Waals surface area contributed by atoms with Gasteiger partial charge in [0.1, 0.15) is 11.7 Å². The highest BCUT2D eigenvalue weighted by atomic mass is 16.5. The summed E-state index contributed by atoms with van der Waals surface area (Å²) in [5.41, 5.74) is 1.90. The van der Waals surface area contributed by atoms with Crippen LogP contribution in [0.15, 0.2) is 29.0 Å². The molecule has 0 spiro atoms. The van der Waals surface area contributed by atoms with Gasteiger partial charge in [-0.3, -0.25) is 4.79 Å². The van der Waals surface area contributed by atoms with Gasteiger partial charge in [-0.2, -0.15) is 4.98 Å². The lowest BCUT2D eigenvalue weighted by atomic mass is 10.0. The van der Waals surface area contributed by atoms with E-state index in [0.717, 1.165) is 23.0 Å². The van der Waals surface area contributed by atoms with Crippen molar-refractivity contribution in [2.45, 2.75) is 39.7 Å². The van der Waals surface area contributed by atoms with Crippen LogP contribution < -0.4 is 5.32 Å². The highest BCUT2D eigenvalue weighted by Gasteiger charge is 2.21. The highest BCUT2D eigenvalue weighted by Crippen LogP contribution is 2.22. The molecular weight excluding hydrogens is 306 g/mol. The summed E-state index contributed by atoms with van der Waals surface area (Å²) in [6, 6.07) is 3.65. The number of fused-ring (bicyclic) bond motifs is 1. The monoisotopic (exact) mass is 327 g/mol. The van der Waals surface area contributed by atoms with Crippen molar-refractivity contribution in [3.63, 3.8) is 0 Å². The predicted molar refractivity (Wildman–Crippen MR) is 89.2 cm³/mol. The number of amides is 1. The van der Waals surface area contributed by atoms with Crippen LogP contribution in [-0.2, 0) is 11.2 Å². The standard InChI is InChI=1S/C17H21N5O2/c1-10(2)7-14(20-11(3)23)17-21-15(22-24-17)8-12-9-19-16-13(12)5-4-6-18-16/h4-6,9-10,14H,7-8H2,1-3H3,(H,18,19)(H,20,23)/t14-/m0/s1. The molecule has 3 rings (SSSR count). The van der Waals surface area contributed by atoms with Crippen LogP contribution in [0.1, 0.15) is 50.5 Å². The maximum atomic E-state index is 11.4. The minimum absolute atomic E-state index is 0.108. The Hall–Kier alpha value is -2.70. The summed E-state index contributed by atoms with van der Waals surface area (Å²) < 4.78 is 5.39. The van der Waals surface area contributed by atoms with Crippen LogP contribution in [0, 0.1) is 5.92 Å². The maximum Gasteiger partial charge on any atom is 0.249 e. The van der Waals surface area contributed by atoms with Gasteiger partial charge in [-0.25, -0.2) is 4.98 Å². The van der Waals surface area contributed by atoms with E-state index in [1.165, 1.54) is 6.92 Å². The average Bonchev–Trinajstić information content (AvgIpc) is 3.14. The second kappa shape index (κ2) is 6.82.